The highest BCUT2D eigenvalue weighted by atomic mass is 16.3. The summed E-state index contributed by atoms with van der Waals surface area (Å²) in [5.74, 6) is -0.187. The van der Waals surface area contributed by atoms with Crippen molar-refractivity contribution in [2.45, 2.75) is 39.3 Å². The normalized spacial score (nSPS) is 11.7. The van der Waals surface area contributed by atoms with Gasteiger partial charge in [-0.15, -0.1) is 0 Å². The lowest BCUT2D eigenvalue weighted by Gasteiger charge is -2.14. The first-order chi connectivity index (χ1) is 6.43. The summed E-state index contributed by atoms with van der Waals surface area (Å²) in [6, 6.07) is 0. The molecule has 0 aromatic carbocycles. The van der Waals surface area contributed by atoms with E-state index in [0.717, 1.165) is 12.1 Å². The number of aryl methyl sites for hydroxylation is 1. The van der Waals surface area contributed by atoms with Crippen molar-refractivity contribution < 1.29 is 9.90 Å². The SMILES string of the molecule is CCn1cc(CC(=O)C(C)(C)O)cn1. The lowest BCUT2D eigenvalue weighted by molar-refractivity contribution is -0.133. The van der Waals surface area contributed by atoms with Crippen LogP contribution in [0.2, 0.25) is 0 Å². The summed E-state index contributed by atoms with van der Waals surface area (Å²) in [5.41, 5.74) is -0.409. The van der Waals surface area contributed by atoms with Gasteiger partial charge in [0.1, 0.15) is 5.60 Å². The second-order valence-corrected chi connectivity index (χ2v) is 3.86. The van der Waals surface area contributed by atoms with E-state index in [0.29, 0.717) is 0 Å². The standard InChI is InChI=1S/C10H16N2O2/c1-4-12-7-8(6-11-12)5-9(13)10(2,3)14/h6-7,14H,4-5H2,1-3H3. The summed E-state index contributed by atoms with van der Waals surface area (Å²) in [6.07, 6.45) is 3.72. The van der Waals surface area contributed by atoms with Gasteiger partial charge in [-0.2, -0.15) is 5.10 Å². The first kappa shape index (κ1) is 10.9. The number of carbonyl (C=O) groups excluding carboxylic acids is 1. The van der Waals surface area contributed by atoms with E-state index in [-0.39, 0.29) is 12.2 Å². The third-order valence-corrected chi connectivity index (χ3v) is 2.06. The molecule has 0 unspecified atom stereocenters. The molecule has 1 rings (SSSR count). The van der Waals surface area contributed by atoms with Crippen molar-refractivity contribution in [3.8, 4) is 0 Å². The molecular weight excluding hydrogens is 180 g/mol. The van der Waals surface area contributed by atoms with E-state index in [1.54, 1.807) is 10.9 Å². The molecular formula is C10H16N2O2. The van der Waals surface area contributed by atoms with Crippen LogP contribution in [-0.2, 0) is 17.8 Å². The number of nitrogens with zero attached hydrogens (tertiary/aromatic N) is 2. The van der Waals surface area contributed by atoms with Crippen molar-refractivity contribution in [3.63, 3.8) is 0 Å². The maximum Gasteiger partial charge on any atom is 0.168 e. The Hall–Kier alpha value is -1.16. The number of rotatable bonds is 4. The molecule has 1 aromatic heterocycles. The first-order valence-corrected chi connectivity index (χ1v) is 4.70. The maximum absolute atomic E-state index is 11.4. The second kappa shape index (κ2) is 3.92. The molecule has 0 aliphatic carbocycles. The molecule has 0 aliphatic heterocycles. The minimum atomic E-state index is -1.26. The molecule has 0 bridgehead atoms. The average molecular weight is 196 g/mol. The van der Waals surface area contributed by atoms with E-state index < -0.39 is 5.60 Å². The molecule has 0 radical (unpaired) electrons. The van der Waals surface area contributed by atoms with Crippen molar-refractivity contribution in [3.05, 3.63) is 18.0 Å². The molecule has 1 N–H and O–H groups in total. The van der Waals surface area contributed by atoms with E-state index in [2.05, 4.69) is 5.10 Å². The fraction of sp³-hybridized carbons (Fsp3) is 0.600. The fourth-order valence-corrected chi connectivity index (χ4v) is 1.07. The van der Waals surface area contributed by atoms with Gasteiger partial charge in [0.25, 0.3) is 0 Å². The third kappa shape index (κ3) is 2.67. The van der Waals surface area contributed by atoms with Crippen LogP contribution in [0.3, 0.4) is 0 Å². The Bertz CT molecular complexity index is 323. The highest BCUT2D eigenvalue weighted by molar-refractivity contribution is 5.87. The van der Waals surface area contributed by atoms with Crippen LogP contribution < -0.4 is 0 Å². The maximum atomic E-state index is 11.4. The molecule has 0 saturated heterocycles. The zero-order chi connectivity index (χ0) is 10.8. The molecule has 1 aromatic rings. The highest BCUT2D eigenvalue weighted by Crippen LogP contribution is 2.08. The topological polar surface area (TPSA) is 55.1 Å². The molecule has 0 saturated carbocycles. The Balaban J connectivity index is 2.65. The molecule has 4 nitrogen and oxygen atoms in total. The number of aliphatic hydroxyl groups is 1. The third-order valence-electron chi connectivity index (χ3n) is 2.06. The van der Waals surface area contributed by atoms with Gasteiger partial charge in [-0.3, -0.25) is 9.48 Å². The highest BCUT2D eigenvalue weighted by Gasteiger charge is 2.23. The van der Waals surface area contributed by atoms with Crippen LogP contribution in [0.4, 0.5) is 0 Å². The quantitative estimate of drug-likeness (QED) is 0.774. The van der Waals surface area contributed by atoms with Gasteiger partial charge in [0.15, 0.2) is 5.78 Å². The van der Waals surface area contributed by atoms with Crippen LogP contribution in [0.25, 0.3) is 0 Å². The molecule has 14 heavy (non-hydrogen) atoms. The molecule has 0 fully saturated rings. The van der Waals surface area contributed by atoms with Gasteiger partial charge in [-0.1, -0.05) is 0 Å². The van der Waals surface area contributed by atoms with Gasteiger partial charge >= 0.3 is 0 Å². The number of ketones is 1. The van der Waals surface area contributed by atoms with E-state index in [4.69, 9.17) is 0 Å². The van der Waals surface area contributed by atoms with Crippen LogP contribution in [0, 0.1) is 0 Å². The van der Waals surface area contributed by atoms with Crippen molar-refractivity contribution >= 4 is 5.78 Å². The van der Waals surface area contributed by atoms with E-state index in [1.165, 1.54) is 13.8 Å². The molecule has 78 valence electrons. The molecule has 0 spiro atoms. The van der Waals surface area contributed by atoms with Crippen molar-refractivity contribution in [1.29, 1.82) is 0 Å². The van der Waals surface area contributed by atoms with Crippen LogP contribution in [0.1, 0.15) is 26.3 Å². The number of Topliss-reactive ketones (excluding diaryl/α,β-unsaturated/α-hetero) is 1. The van der Waals surface area contributed by atoms with Gasteiger partial charge in [0, 0.05) is 19.2 Å². The van der Waals surface area contributed by atoms with Crippen LogP contribution >= 0.6 is 0 Å². The minimum absolute atomic E-state index is 0.187. The Kier molecular flexibility index (Phi) is 3.06. The number of hydrogen-bond acceptors (Lipinski definition) is 3. The van der Waals surface area contributed by atoms with Gasteiger partial charge in [0.05, 0.1) is 6.20 Å². The molecule has 4 heteroatoms. The minimum Gasteiger partial charge on any atom is -0.383 e. The fourth-order valence-electron chi connectivity index (χ4n) is 1.07. The smallest absolute Gasteiger partial charge is 0.168 e. The summed E-state index contributed by atoms with van der Waals surface area (Å²) < 4.78 is 1.76. The predicted molar refractivity (Wildman–Crippen MR) is 52.9 cm³/mol. The molecule has 1 heterocycles. The number of aromatic nitrogens is 2. The Labute approximate surface area is 83.5 Å². The lowest BCUT2D eigenvalue weighted by Crippen LogP contribution is -2.32. The molecule has 0 amide bonds. The van der Waals surface area contributed by atoms with E-state index >= 15 is 0 Å². The lowest BCUT2D eigenvalue weighted by atomic mass is 9.99. The predicted octanol–water partition coefficient (Wildman–Crippen LogP) is 0.785. The van der Waals surface area contributed by atoms with Crippen molar-refractivity contribution in [2.75, 3.05) is 0 Å². The van der Waals surface area contributed by atoms with Crippen LogP contribution in [0.5, 0.6) is 0 Å². The van der Waals surface area contributed by atoms with Crippen molar-refractivity contribution in [1.82, 2.24) is 9.78 Å². The zero-order valence-corrected chi connectivity index (χ0v) is 8.82. The first-order valence-electron chi connectivity index (χ1n) is 4.70. The van der Waals surface area contributed by atoms with E-state index in [1.807, 2.05) is 13.1 Å². The van der Waals surface area contributed by atoms with Gasteiger partial charge in [0.2, 0.25) is 0 Å². The summed E-state index contributed by atoms with van der Waals surface area (Å²) in [5, 5.41) is 13.5. The number of hydrogen-bond donors (Lipinski definition) is 1. The summed E-state index contributed by atoms with van der Waals surface area (Å²) in [6.45, 7) is 5.77. The van der Waals surface area contributed by atoms with E-state index in [9.17, 15) is 9.90 Å². The monoisotopic (exact) mass is 196 g/mol. The largest absolute Gasteiger partial charge is 0.383 e. The summed E-state index contributed by atoms with van der Waals surface area (Å²) in [7, 11) is 0. The summed E-state index contributed by atoms with van der Waals surface area (Å²) in [4.78, 5) is 11.4. The average Bonchev–Trinajstić information content (AvgIpc) is 2.50. The Morgan fingerprint density at radius 2 is 2.29 bits per heavy atom. The Morgan fingerprint density at radius 3 is 2.71 bits per heavy atom. The zero-order valence-electron chi connectivity index (χ0n) is 8.82. The number of carbonyl (C=O) groups is 1. The van der Waals surface area contributed by atoms with Gasteiger partial charge in [-0.25, -0.2) is 0 Å². The second-order valence-electron chi connectivity index (χ2n) is 3.86. The molecule has 0 aliphatic rings. The summed E-state index contributed by atoms with van der Waals surface area (Å²) >= 11 is 0. The van der Waals surface area contributed by atoms with Crippen molar-refractivity contribution in [2.24, 2.45) is 0 Å². The van der Waals surface area contributed by atoms with Gasteiger partial charge < -0.3 is 5.11 Å². The van der Waals surface area contributed by atoms with Gasteiger partial charge in [-0.05, 0) is 26.3 Å². The van der Waals surface area contributed by atoms with Crippen LogP contribution in [0.15, 0.2) is 12.4 Å². The van der Waals surface area contributed by atoms with Crippen LogP contribution in [-0.4, -0.2) is 26.3 Å². The molecule has 0 atom stereocenters. The Morgan fingerprint density at radius 1 is 1.64 bits per heavy atom.